The third-order valence-corrected chi connectivity index (χ3v) is 3.63. The molecule has 1 aliphatic heterocycles. The molecule has 86 valence electrons. The average Bonchev–Trinajstić information content (AvgIpc) is 2.90. The van der Waals surface area contributed by atoms with Crippen LogP contribution in [0.25, 0.3) is 0 Å². The molecule has 2 aliphatic rings. The minimum Gasteiger partial charge on any atom is -0.456 e. The number of aliphatic hydroxyl groups excluding tert-OH is 1. The van der Waals surface area contributed by atoms with Crippen molar-refractivity contribution in [2.24, 2.45) is 5.41 Å². The summed E-state index contributed by atoms with van der Waals surface area (Å²) in [5.41, 5.74) is 0.162. The van der Waals surface area contributed by atoms with Crippen LogP contribution in [0.2, 0.25) is 0 Å². The van der Waals surface area contributed by atoms with Gasteiger partial charge in [0.2, 0.25) is 0 Å². The lowest BCUT2D eigenvalue weighted by Gasteiger charge is -2.36. The van der Waals surface area contributed by atoms with Gasteiger partial charge in [0.15, 0.2) is 0 Å². The first-order valence-electron chi connectivity index (χ1n) is 5.90. The lowest BCUT2D eigenvalue weighted by Crippen LogP contribution is -2.41. The Labute approximate surface area is 91.1 Å². The predicted molar refractivity (Wildman–Crippen MR) is 56.9 cm³/mol. The Morgan fingerprint density at radius 1 is 1.20 bits per heavy atom. The number of hydrogen-bond acceptors (Lipinski definition) is 3. The van der Waals surface area contributed by atoms with Crippen molar-refractivity contribution in [3.8, 4) is 0 Å². The fourth-order valence-corrected chi connectivity index (χ4v) is 2.65. The smallest absolute Gasteiger partial charge is 0.255 e. The number of aliphatic hydroxyl groups is 1. The molecule has 0 amide bonds. The molecular weight excluding hydrogens is 192 g/mol. The van der Waals surface area contributed by atoms with Crippen molar-refractivity contribution in [3.05, 3.63) is 12.5 Å². The van der Waals surface area contributed by atoms with Gasteiger partial charge in [0.1, 0.15) is 12.5 Å². The van der Waals surface area contributed by atoms with Gasteiger partial charge in [-0.3, -0.25) is 0 Å². The molecule has 1 N–H and O–H groups in total. The van der Waals surface area contributed by atoms with Crippen molar-refractivity contribution in [1.82, 2.24) is 0 Å². The summed E-state index contributed by atoms with van der Waals surface area (Å²) in [6.07, 6.45) is 9.49. The Morgan fingerprint density at radius 2 is 1.87 bits per heavy atom. The van der Waals surface area contributed by atoms with Crippen molar-refractivity contribution in [2.45, 2.75) is 51.2 Å². The maximum atomic E-state index is 8.92. The van der Waals surface area contributed by atoms with E-state index >= 15 is 0 Å². The molecular formula is C12H20O3. The Balaban J connectivity index is 2.04. The Bertz CT molecular complexity index is 235. The van der Waals surface area contributed by atoms with Crippen LogP contribution < -0.4 is 0 Å². The van der Waals surface area contributed by atoms with Gasteiger partial charge in [-0.1, -0.05) is 6.92 Å². The molecule has 0 spiro atoms. The van der Waals surface area contributed by atoms with Gasteiger partial charge < -0.3 is 14.6 Å². The van der Waals surface area contributed by atoms with Gasteiger partial charge in [0.25, 0.3) is 5.79 Å². The van der Waals surface area contributed by atoms with Crippen LogP contribution in [0.4, 0.5) is 0 Å². The first kappa shape index (κ1) is 10.8. The second kappa shape index (κ2) is 4.05. The van der Waals surface area contributed by atoms with E-state index in [0.29, 0.717) is 0 Å². The van der Waals surface area contributed by atoms with Gasteiger partial charge in [0.05, 0.1) is 0 Å². The van der Waals surface area contributed by atoms with Crippen molar-refractivity contribution in [3.63, 3.8) is 0 Å². The minimum absolute atomic E-state index is 0.162. The van der Waals surface area contributed by atoms with Crippen LogP contribution in [0.3, 0.4) is 0 Å². The van der Waals surface area contributed by atoms with E-state index in [-0.39, 0.29) is 12.0 Å². The molecule has 2 rings (SSSR count). The number of rotatable bonds is 6. The summed E-state index contributed by atoms with van der Waals surface area (Å²) >= 11 is 0. The Hall–Kier alpha value is -0.700. The van der Waals surface area contributed by atoms with E-state index in [2.05, 4.69) is 6.92 Å². The van der Waals surface area contributed by atoms with Crippen molar-refractivity contribution >= 4 is 0 Å². The zero-order valence-corrected chi connectivity index (χ0v) is 9.37. The van der Waals surface area contributed by atoms with Crippen LogP contribution in [-0.2, 0) is 9.47 Å². The lowest BCUT2D eigenvalue weighted by atomic mass is 9.86. The third kappa shape index (κ3) is 1.73. The molecule has 1 fully saturated rings. The molecule has 0 aromatic rings. The first-order chi connectivity index (χ1) is 7.29. The van der Waals surface area contributed by atoms with E-state index in [0.717, 1.165) is 38.5 Å². The second-order valence-corrected chi connectivity index (χ2v) is 4.62. The van der Waals surface area contributed by atoms with Crippen LogP contribution in [0.5, 0.6) is 0 Å². The van der Waals surface area contributed by atoms with Crippen LogP contribution >= 0.6 is 0 Å². The SMILES string of the molecule is CCCC1(C2(CCCO)CC2)OC=CO1. The molecule has 1 aliphatic carbocycles. The fourth-order valence-electron chi connectivity index (χ4n) is 2.65. The topological polar surface area (TPSA) is 38.7 Å². The van der Waals surface area contributed by atoms with Gasteiger partial charge in [-0.2, -0.15) is 0 Å². The van der Waals surface area contributed by atoms with Gasteiger partial charge >= 0.3 is 0 Å². The van der Waals surface area contributed by atoms with Crippen LogP contribution in [0.1, 0.15) is 45.4 Å². The highest BCUT2D eigenvalue weighted by Crippen LogP contribution is 2.61. The molecule has 0 unspecified atom stereocenters. The summed E-state index contributed by atoms with van der Waals surface area (Å²) in [7, 11) is 0. The normalized spacial score (nSPS) is 24.7. The summed E-state index contributed by atoms with van der Waals surface area (Å²) in [6, 6.07) is 0. The third-order valence-electron chi connectivity index (χ3n) is 3.63. The quantitative estimate of drug-likeness (QED) is 0.735. The van der Waals surface area contributed by atoms with E-state index in [4.69, 9.17) is 14.6 Å². The first-order valence-corrected chi connectivity index (χ1v) is 5.90. The second-order valence-electron chi connectivity index (χ2n) is 4.62. The Kier molecular flexibility index (Phi) is 2.91. The van der Waals surface area contributed by atoms with Gasteiger partial charge in [-0.15, -0.1) is 0 Å². The Morgan fingerprint density at radius 3 is 2.33 bits per heavy atom. The predicted octanol–water partition coefficient (Wildman–Crippen LogP) is 2.55. The van der Waals surface area contributed by atoms with Crippen LogP contribution in [-0.4, -0.2) is 17.5 Å². The summed E-state index contributed by atoms with van der Waals surface area (Å²) in [4.78, 5) is 0. The average molecular weight is 212 g/mol. The van der Waals surface area contributed by atoms with Gasteiger partial charge in [0, 0.05) is 18.4 Å². The van der Waals surface area contributed by atoms with Crippen LogP contribution in [0.15, 0.2) is 12.5 Å². The zero-order chi connectivity index (χ0) is 10.8. The summed E-state index contributed by atoms with van der Waals surface area (Å²) in [6.45, 7) is 2.41. The lowest BCUT2D eigenvalue weighted by molar-refractivity contribution is -0.200. The summed E-state index contributed by atoms with van der Waals surface area (Å²) < 4.78 is 11.4. The van der Waals surface area contributed by atoms with E-state index in [1.54, 1.807) is 12.5 Å². The molecule has 1 saturated carbocycles. The largest absolute Gasteiger partial charge is 0.456 e. The molecule has 0 aromatic carbocycles. The molecule has 0 bridgehead atoms. The molecule has 0 atom stereocenters. The molecule has 0 aromatic heterocycles. The molecule has 1 heterocycles. The van der Waals surface area contributed by atoms with Crippen molar-refractivity contribution in [2.75, 3.05) is 6.61 Å². The monoisotopic (exact) mass is 212 g/mol. The van der Waals surface area contributed by atoms with E-state index in [1.165, 1.54) is 0 Å². The molecule has 15 heavy (non-hydrogen) atoms. The number of ether oxygens (including phenoxy) is 2. The fraction of sp³-hybridized carbons (Fsp3) is 0.833. The minimum atomic E-state index is -0.420. The molecule has 0 saturated heterocycles. The zero-order valence-electron chi connectivity index (χ0n) is 9.37. The van der Waals surface area contributed by atoms with Crippen molar-refractivity contribution < 1.29 is 14.6 Å². The maximum absolute atomic E-state index is 8.92. The maximum Gasteiger partial charge on any atom is 0.255 e. The van der Waals surface area contributed by atoms with Gasteiger partial charge in [-0.25, -0.2) is 0 Å². The van der Waals surface area contributed by atoms with Gasteiger partial charge in [-0.05, 0) is 32.1 Å². The van der Waals surface area contributed by atoms with E-state index in [9.17, 15) is 0 Å². The highest BCUT2D eigenvalue weighted by Gasteiger charge is 2.62. The summed E-state index contributed by atoms with van der Waals surface area (Å²) in [5, 5.41) is 8.92. The standard InChI is InChI=1S/C12H20O3/c1-2-4-12(14-9-10-15-12)11(6-7-11)5-3-8-13/h9-10,13H,2-8H2,1H3. The van der Waals surface area contributed by atoms with E-state index in [1.807, 2.05) is 0 Å². The highest BCUT2D eigenvalue weighted by atomic mass is 16.7. The highest BCUT2D eigenvalue weighted by molar-refractivity contribution is 5.07. The van der Waals surface area contributed by atoms with Crippen molar-refractivity contribution in [1.29, 1.82) is 0 Å². The van der Waals surface area contributed by atoms with Crippen LogP contribution in [0, 0.1) is 5.41 Å². The van der Waals surface area contributed by atoms with E-state index < -0.39 is 5.79 Å². The molecule has 0 radical (unpaired) electrons. The molecule has 3 heteroatoms. The molecule has 3 nitrogen and oxygen atoms in total. The number of hydrogen-bond donors (Lipinski definition) is 1. The summed E-state index contributed by atoms with van der Waals surface area (Å²) in [5.74, 6) is -0.420.